The molecule has 1 aliphatic rings. The Hall–Kier alpha value is -2.95. The molecule has 0 aromatic heterocycles. The maximum Gasteiger partial charge on any atom is 0.339 e. The highest BCUT2D eigenvalue weighted by Crippen LogP contribution is 2.24. The van der Waals surface area contributed by atoms with Crippen molar-refractivity contribution in [3.05, 3.63) is 71.3 Å². The van der Waals surface area contributed by atoms with Crippen LogP contribution in [0.1, 0.15) is 45.2 Å². The van der Waals surface area contributed by atoms with Crippen LogP contribution < -0.4 is 0 Å². The van der Waals surface area contributed by atoms with E-state index >= 15 is 0 Å². The Morgan fingerprint density at radius 3 is 2.20 bits per heavy atom. The second-order valence-electron chi connectivity index (χ2n) is 5.97. The Morgan fingerprint density at radius 1 is 0.960 bits per heavy atom. The van der Waals surface area contributed by atoms with E-state index in [4.69, 9.17) is 4.74 Å². The number of ether oxygens (including phenoxy) is 1. The van der Waals surface area contributed by atoms with Gasteiger partial charge in [0.25, 0.3) is 5.91 Å². The smallest absolute Gasteiger partial charge is 0.339 e. The third kappa shape index (κ3) is 3.94. The standard InChI is InChI=1S/C20H19NO4/c22-14-15-8-10-17(11-9-15)20(24)25-18(16-6-2-1-3-7-16)19(23)21-12-4-5-13-21/h1-3,6-11,14,18H,4-5,12-13H2/t18-/m0/s1. The van der Waals surface area contributed by atoms with Gasteiger partial charge in [-0.2, -0.15) is 0 Å². The van der Waals surface area contributed by atoms with E-state index in [2.05, 4.69) is 0 Å². The molecule has 0 aliphatic carbocycles. The molecule has 0 unspecified atom stereocenters. The zero-order chi connectivity index (χ0) is 17.6. The van der Waals surface area contributed by atoms with Gasteiger partial charge >= 0.3 is 5.97 Å². The SMILES string of the molecule is O=Cc1ccc(C(=O)O[C@H](C(=O)N2CCCC2)c2ccccc2)cc1. The summed E-state index contributed by atoms with van der Waals surface area (Å²) in [5, 5.41) is 0. The van der Waals surface area contributed by atoms with Crippen LogP contribution in [-0.2, 0) is 9.53 Å². The van der Waals surface area contributed by atoms with Gasteiger partial charge < -0.3 is 9.64 Å². The van der Waals surface area contributed by atoms with Crippen LogP contribution in [0.2, 0.25) is 0 Å². The van der Waals surface area contributed by atoms with Gasteiger partial charge in [-0.05, 0) is 25.0 Å². The molecule has 25 heavy (non-hydrogen) atoms. The van der Waals surface area contributed by atoms with Gasteiger partial charge in [0.1, 0.15) is 6.29 Å². The molecule has 1 heterocycles. The first-order chi connectivity index (χ1) is 12.2. The topological polar surface area (TPSA) is 63.7 Å². The molecular weight excluding hydrogens is 318 g/mol. The van der Waals surface area contributed by atoms with Crippen LogP contribution in [0, 0.1) is 0 Å². The lowest BCUT2D eigenvalue weighted by molar-refractivity contribution is -0.140. The molecule has 5 nitrogen and oxygen atoms in total. The van der Waals surface area contributed by atoms with E-state index in [1.54, 1.807) is 29.2 Å². The number of aldehydes is 1. The molecular formula is C20H19NO4. The first kappa shape index (κ1) is 16.9. The lowest BCUT2D eigenvalue weighted by Gasteiger charge is -2.23. The third-order valence-electron chi connectivity index (χ3n) is 4.25. The normalized spacial score (nSPS) is 14.8. The van der Waals surface area contributed by atoms with Gasteiger partial charge in [-0.25, -0.2) is 4.79 Å². The summed E-state index contributed by atoms with van der Waals surface area (Å²) >= 11 is 0. The molecule has 0 spiro atoms. The number of likely N-dealkylation sites (tertiary alicyclic amines) is 1. The molecule has 1 fully saturated rings. The largest absolute Gasteiger partial charge is 0.444 e. The van der Waals surface area contributed by atoms with Gasteiger partial charge in [0.15, 0.2) is 0 Å². The number of esters is 1. The summed E-state index contributed by atoms with van der Waals surface area (Å²) in [6, 6.07) is 15.2. The van der Waals surface area contributed by atoms with Gasteiger partial charge in [-0.15, -0.1) is 0 Å². The predicted octanol–water partition coefficient (Wildman–Crippen LogP) is 3.02. The summed E-state index contributed by atoms with van der Waals surface area (Å²) < 4.78 is 5.55. The molecule has 3 rings (SSSR count). The van der Waals surface area contributed by atoms with Crippen molar-refractivity contribution in [2.24, 2.45) is 0 Å². The fourth-order valence-electron chi connectivity index (χ4n) is 2.87. The Balaban J connectivity index is 1.82. The number of rotatable bonds is 5. The number of hydrogen-bond donors (Lipinski definition) is 0. The molecule has 1 atom stereocenters. The van der Waals surface area contributed by atoms with E-state index < -0.39 is 12.1 Å². The lowest BCUT2D eigenvalue weighted by atomic mass is 10.1. The third-order valence-corrected chi connectivity index (χ3v) is 4.25. The Labute approximate surface area is 146 Å². The van der Waals surface area contributed by atoms with Gasteiger partial charge in [-0.1, -0.05) is 42.5 Å². The molecule has 0 radical (unpaired) electrons. The minimum absolute atomic E-state index is 0.193. The zero-order valence-corrected chi connectivity index (χ0v) is 13.8. The number of carbonyl (C=O) groups is 3. The molecule has 0 saturated carbocycles. The van der Waals surface area contributed by atoms with Crippen LogP contribution in [0.15, 0.2) is 54.6 Å². The van der Waals surface area contributed by atoms with Crippen molar-refractivity contribution in [2.45, 2.75) is 18.9 Å². The second kappa shape index (κ2) is 7.75. The molecule has 0 N–H and O–H groups in total. The number of nitrogens with zero attached hydrogens (tertiary/aromatic N) is 1. The second-order valence-corrected chi connectivity index (χ2v) is 5.97. The number of carbonyl (C=O) groups excluding carboxylic acids is 3. The van der Waals surface area contributed by atoms with Crippen LogP contribution in [0.25, 0.3) is 0 Å². The Morgan fingerprint density at radius 2 is 1.60 bits per heavy atom. The van der Waals surface area contributed by atoms with Crippen LogP contribution in [-0.4, -0.2) is 36.2 Å². The number of benzene rings is 2. The first-order valence-electron chi connectivity index (χ1n) is 8.29. The maximum atomic E-state index is 12.8. The highest BCUT2D eigenvalue weighted by molar-refractivity contribution is 5.93. The van der Waals surface area contributed by atoms with E-state index in [0.717, 1.165) is 12.8 Å². The highest BCUT2D eigenvalue weighted by atomic mass is 16.5. The highest BCUT2D eigenvalue weighted by Gasteiger charge is 2.31. The van der Waals surface area contributed by atoms with Crippen molar-refractivity contribution in [1.29, 1.82) is 0 Å². The van der Waals surface area contributed by atoms with Gasteiger partial charge in [0.2, 0.25) is 6.10 Å². The monoisotopic (exact) mass is 337 g/mol. The van der Waals surface area contributed by atoms with Crippen molar-refractivity contribution >= 4 is 18.2 Å². The van der Waals surface area contributed by atoms with Crippen molar-refractivity contribution in [3.8, 4) is 0 Å². The van der Waals surface area contributed by atoms with Crippen LogP contribution in [0.4, 0.5) is 0 Å². The fourth-order valence-corrected chi connectivity index (χ4v) is 2.87. The Kier molecular flexibility index (Phi) is 5.23. The quantitative estimate of drug-likeness (QED) is 0.621. The first-order valence-corrected chi connectivity index (χ1v) is 8.29. The lowest BCUT2D eigenvalue weighted by Crippen LogP contribution is -2.34. The van der Waals surface area contributed by atoms with Crippen molar-refractivity contribution < 1.29 is 19.1 Å². The van der Waals surface area contributed by atoms with Crippen LogP contribution in [0.5, 0.6) is 0 Å². The van der Waals surface area contributed by atoms with Gasteiger partial charge in [0, 0.05) is 24.2 Å². The molecule has 0 bridgehead atoms. The maximum absolute atomic E-state index is 12.8. The number of hydrogen-bond acceptors (Lipinski definition) is 4. The predicted molar refractivity (Wildman–Crippen MR) is 92.2 cm³/mol. The van der Waals surface area contributed by atoms with E-state index in [-0.39, 0.29) is 5.91 Å². The molecule has 1 aliphatic heterocycles. The molecule has 1 amide bonds. The fraction of sp³-hybridized carbons (Fsp3) is 0.250. The summed E-state index contributed by atoms with van der Waals surface area (Å²) in [5.41, 5.74) is 1.43. The van der Waals surface area contributed by atoms with E-state index in [1.165, 1.54) is 12.1 Å². The molecule has 5 heteroatoms. The summed E-state index contributed by atoms with van der Waals surface area (Å²) in [4.78, 5) is 37.7. The van der Waals surface area contributed by atoms with Crippen LogP contribution >= 0.6 is 0 Å². The van der Waals surface area contributed by atoms with Crippen molar-refractivity contribution in [3.63, 3.8) is 0 Å². The average molecular weight is 337 g/mol. The van der Waals surface area contributed by atoms with Crippen molar-refractivity contribution in [2.75, 3.05) is 13.1 Å². The molecule has 2 aromatic carbocycles. The summed E-state index contributed by atoms with van der Waals surface area (Å²) in [6.07, 6.45) is 1.68. The van der Waals surface area contributed by atoms with Crippen LogP contribution in [0.3, 0.4) is 0 Å². The van der Waals surface area contributed by atoms with Crippen molar-refractivity contribution in [1.82, 2.24) is 4.90 Å². The zero-order valence-electron chi connectivity index (χ0n) is 13.8. The molecule has 2 aromatic rings. The summed E-state index contributed by atoms with van der Waals surface area (Å²) in [7, 11) is 0. The van der Waals surface area contributed by atoms with Gasteiger partial charge in [-0.3, -0.25) is 9.59 Å². The van der Waals surface area contributed by atoms with E-state index in [0.29, 0.717) is 36.1 Å². The average Bonchev–Trinajstić information content (AvgIpc) is 3.21. The Bertz CT molecular complexity index is 749. The van der Waals surface area contributed by atoms with E-state index in [9.17, 15) is 14.4 Å². The van der Waals surface area contributed by atoms with E-state index in [1.807, 2.05) is 18.2 Å². The molecule has 128 valence electrons. The minimum Gasteiger partial charge on any atom is -0.444 e. The number of amides is 1. The summed E-state index contributed by atoms with van der Waals surface area (Å²) in [5.74, 6) is -0.777. The molecule has 1 saturated heterocycles. The summed E-state index contributed by atoms with van der Waals surface area (Å²) in [6.45, 7) is 1.38. The van der Waals surface area contributed by atoms with Gasteiger partial charge in [0.05, 0.1) is 5.56 Å². The minimum atomic E-state index is -0.961.